The third kappa shape index (κ3) is 3.05. The van der Waals surface area contributed by atoms with Crippen LogP contribution in [0, 0.1) is 11.6 Å². The molecule has 1 aliphatic heterocycles. The summed E-state index contributed by atoms with van der Waals surface area (Å²) in [6, 6.07) is 9.91. The van der Waals surface area contributed by atoms with Crippen molar-refractivity contribution in [1.29, 1.82) is 0 Å². The second kappa shape index (κ2) is 6.27. The zero-order valence-electron chi connectivity index (χ0n) is 12.8. The van der Waals surface area contributed by atoms with Gasteiger partial charge in [-0.1, -0.05) is 12.1 Å². The number of hydrogen-bond acceptors (Lipinski definition) is 3. The van der Waals surface area contributed by atoms with Crippen molar-refractivity contribution < 1.29 is 23.1 Å². The lowest BCUT2D eigenvalue weighted by Crippen LogP contribution is -2.47. The summed E-state index contributed by atoms with van der Waals surface area (Å²) in [7, 11) is 0. The maximum atomic E-state index is 13.2. The number of nitrogens with zero attached hydrogens (tertiary/aromatic N) is 1. The number of anilines is 2. The molecular weight excluding hydrogens is 318 g/mol. The summed E-state index contributed by atoms with van der Waals surface area (Å²) in [4.78, 5) is 25.7. The number of ether oxygens (including phenoxy) is 1. The number of fused-ring (bicyclic) bond motifs is 1. The first-order chi connectivity index (χ1) is 11.5. The maximum Gasteiger partial charge on any atom is 0.268 e. The number of benzene rings is 2. The highest BCUT2D eigenvalue weighted by Gasteiger charge is 2.30. The third-order valence-corrected chi connectivity index (χ3v) is 3.59. The van der Waals surface area contributed by atoms with Crippen LogP contribution in [0.25, 0.3) is 0 Å². The van der Waals surface area contributed by atoms with Crippen LogP contribution in [-0.2, 0) is 9.59 Å². The molecule has 0 spiro atoms. The number of halogens is 2. The first-order valence-electron chi connectivity index (χ1n) is 7.27. The Morgan fingerprint density at radius 3 is 2.71 bits per heavy atom. The van der Waals surface area contributed by atoms with Crippen LogP contribution in [0.3, 0.4) is 0 Å². The number of nitrogens with one attached hydrogen (secondary N) is 1. The van der Waals surface area contributed by atoms with Crippen LogP contribution in [0.1, 0.15) is 6.92 Å². The summed E-state index contributed by atoms with van der Waals surface area (Å²) in [5, 5.41) is 2.68. The number of rotatable bonds is 3. The highest BCUT2D eigenvalue weighted by atomic mass is 19.2. The van der Waals surface area contributed by atoms with Crippen molar-refractivity contribution in [2.75, 3.05) is 16.8 Å². The van der Waals surface area contributed by atoms with Crippen molar-refractivity contribution in [3.8, 4) is 5.75 Å². The lowest BCUT2D eigenvalue weighted by Gasteiger charge is -2.31. The van der Waals surface area contributed by atoms with Gasteiger partial charge in [0.25, 0.3) is 5.91 Å². The third-order valence-electron chi connectivity index (χ3n) is 3.59. The molecule has 0 saturated heterocycles. The fourth-order valence-electron chi connectivity index (χ4n) is 2.45. The van der Waals surface area contributed by atoms with Crippen LogP contribution in [0.5, 0.6) is 5.75 Å². The van der Waals surface area contributed by atoms with Gasteiger partial charge >= 0.3 is 0 Å². The first-order valence-corrected chi connectivity index (χ1v) is 7.27. The number of amides is 2. The second-order valence-corrected chi connectivity index (χ2v) is 5.33. The molecule has 5 nitrogen and oxygen atoms in total. The molecule has 1 aliphatic rings. The average Bonchev–Trinajstić information content (AvgIpc) is 2.56. The number of hydrogen-bond donors (Lipinski definition) is 1. The molecule has 3 rings (SSSR count). The number of carbonyl (C=O) groups excluding carboxylic acids is 2. The van der Waals surface area contributed by atoms with Crippen LogP contribution < -0.4 is 15.0 Å². The fourth-order valence-corrected chi connectivity index (χ4v) is 2.45. The topological polar surface area (TPSA) is 58.6 Å². The van der Waals surface area contributed by atoms with Gasteiger partial charge in [0.05, 0.1) is 11.4 Å². The largest absolute Gasteiger partial charge is 0.481 e. The van der Waals surface area contributed by atoms with E-state index in [9.17, 15) is 18.4 Å². The van der Waals surface area contributed by atoms with Gasteiger partial charge in [0.2, 0.25) is 5.91 Å². The Labute approximate surface area is 136 Å². The normalized spacial score (nSPS) is 14.6. The molecule has 2 amide bonds. The maximum absolute atomic E-state index is 13.2. The van der Waals surface area contributed by atoms with Crippen LogP contribution in [0.15, 0.2) is 42.5 Å². The van der Waals surface area contributed by atoms with E-state index in [0.29, 0.717) is 11.4 Å². The average molecular weight is 332 g/mol. The Kier molecular flexibility index (Phi) is 4.16. The molecular formula is C17H14F2N2O3. The minimum absolute atomic E-state index is 0.0319. The Morgan fingerprint density at radius 2 is 1.96 bits per heavy atom. The van der Waals surface area contributed by atoms with E-state index in [4.69, 9.17) is 4.74 Å². The molecule has 0 saturated carbocycles. The highest BCUT2D eigenvalue weighted by molar-refractivity contribution is 6.10. The summed E-state index contributed by atoms with van der Waals surface area (Å²) in [6.45, 7) is 1.35. The Hall–Kier alpha value is -2.96. The Balaban J connectivity index is 1.80. The van der Waals surface area contributed by atoms with E-state index in [0.717, 1.165) is 12.1 Å². The van der Waals surface area contributed by atoms with E-state index in [-0.39, 0.29) is 18.2 Å². The standard InChI is InChI=1S/C17H14F2N2O3/c1-10(24-11-6-7-12(18)13(19)8-11)17(23)21-9-16(22)20-14-4-2-3-5-15(14)21/h2-8,10H,9H2,1H3,(H,20,22)/t10-/m0/s1. The SMILES string of the molecule is C[C@H](Oc1ccc(F)c(F)c1)C(=O)N1CC(=O)Nc2ccccc21. The van der Waals surface area contributed by atoms with Crippen LogP contribution >= 0.6 is 0 Å². The summed E-state index contributed by atoms with van der Waals surface area (Å²) in [5.41, 5.74) is 1.09. The summed E-state index contributed by atoms with van der Waals surface area (Å²) >= 11 is 0. The van der Waals surface area contributed by atoms with Gasteiger partial charge in [-0.3, -0.25) is 14.5 Å². The van der Waals surface area contributed by atoms with Gasteiger partial charge in [-0.15, -0.1) is 0 Å². The van der Waals surface area contributed by atoms with E-state index >= 15 is 0 Å². The molecule has 1 atom stereocenters. The lowest BCUT2D eigenvalue weighted by atomic mass is 10.1. The minimum atomic E-state index is -1.06. The van der Waals surface area contributed by atoms with Crippen molar-refractivity contribution in [1.82, 2.24) is 0 Å². The predicted molar refractivity (Wildman–Crippen MR) is 83.9 cm³/mol. The molecule has 124 valence electrons. The van der Waals surface area contributed by atoms with Crippen molar-refractivity contribution in [3.63, 3.8) is 0 Å². The molecule has 24 heavy (non-hydrogen) atoms. The molecule has 7 heteroatoms. The Morgan fingerprint density at radius 1 is 1.21 bits per heavy atom. The minimum Gasteiger partial charge on any atom is -0.481 e. The zero-order valence-corrected chi connectivity index (χ0v) is 12.8. The van der Waals surface area contributed by atoms with Gasteiger partial charge in [0, 0.05) is 6.07 Å². The van der Waals surface area contributed by atoms with Crippen LogP contribution in [0.4, 0.5) is 20.2 Å². The fraction of sp³-hybridized carbons (Fsp3) is 0.176. The number of para-hydroxylation sites is 2. The van der Waals surface area contributed by atoms with Gasteiger partial charge < -0.3 is 10.1 Å². The molecule has 2 aromatic carbocycles. The van der Waals surface area contributed by atoms with Crippen molar-refractivity contribution in [2.24, 2.45) is 0 Å². The Bertz CT molecular complexity index is 810. The molecule has 0 unspecified atom stereocenters. The van der Waals surface area contributed by atoms with E-state index in [1.807, 2.05) is 0 Å². The summed E-state index contributed by atoms with van der Waals surface area (Å²) in [5.74, 6) is -2.80. The van der Waals surface area contributed by atoms with Gasteiger partial charge in [0.15, 0.2) is 17.7 Å². The lowest BCUT2D eigenvalue weighted by molar-refractivity contribution is -0.126. The molecule has 1 heterocycles. The molecule has 0 radical (unpaired) electrons. The monoisotopic (exact) mass is 332 g/mol. The van der Waals surface area contributed by atoms with Crippen LogP contribution in [-0.4, -0.2) is 24.5 Å². The predicted octanol–water partition coefficient (Wildman–Crippen LogP) is 2.72. The van der Waals surface area contributed by atoms with E-state index < -0.39 is 23.6 Å². The van der Waals surface area contributed by atoms with Gasteiger partial charge in [-0.25, -0.2) is 8.78 Å². The summed E-state index contributed by atoms with van der Waals surface area (Å²) < 4.78 is 31.6. The van der Waals surface area contributed by atoms with E-state index in [1.54, 1.807) is 24.3 Å². The van der Waals surface area contributed by atoms with Crippen molar-refractivity contribution in [2.45, 2.75) is 13.0 Å². The van der Waals surface area contributed by atoms with Crippen molar-refractivity contribution in [3.05, 3.63) is 54.1 Å². The van der Waals surface area contributed by atoms with E-state index in [2.05, 4.69) is 5.32 Å². The number of carbonyl (C=O) groups is 2. The smallest absolute Gasteiger partial charge is 0.268 e. The molecule has 0 aromatic heterocycles. The second-order valence-electron chi connectivity index (χ2n) is 5.33. The van der Waals surface area contributed by atoms with Gasteiger partial charge in [-0.05, 0) is 31.2 Å². The molecule has 1 N–H and O–H groups in total. The van der Waals surface area contributed by atoms with Gasteiger partial charge in [0.1, 0.15) is 12.3 Å². The van der Waals surface area contributed by atoms with Crippen molar-refractivity contribution >= 4 is 23.2 Å². The van der Waals surface area contributed by atoms with Gasteiger partial charge in [-0.2, -0.15) is 0 Å². The van der Waals surface area contributed by atoms with E-state index in [1.165, 1.54) is 17.9 Å². The zero-order chi connectivity index (χ0) is 17.3. The quantitative estimate of drug-likeness (QED) is 0.940. The first kappa shape index (κ1) is 15.9. The highest BCUT2D eigenvalue weighted by Crippen LogP contribution is 2.29. The molecule has 0 fully saturated rings. The molecule has 0 aliphatic carbocycles. The molecule has 0 bridgehead atoms. The molecule has 2 aromatic rings. The summed E-state index contributed by atoms with van der Waals surface area (Å²) in [6.07, 6.45) is -0.978. The van der Waals surface area contributed by atoms with Crippen LogP contribution in [0.2, 0.25) is 0 Å².